The molecule has 0 saturated carbocycles. The number of nitrogens with one attached hydrogen (secondary N) is 1. The summed E-state index contributed by atoms with van der Waals surface area (Å²) in [6, 6.07) is 18.0. The van der Waals surface area contributed by atoms with Gasteiger partial charge in [0.15, 0.2) is 5.16 Å². The highest BCUT2D eigenvalue weighted by Gasteiger charge is 2.09. The number of halogens is 1. The lowest BCUT2D eigenvalue weighted by molar-refractivity contribution is 0.687. The Bertz CT molecular complexity index is 814. The summed E-state index contributed by atoms with van der Waals surface area (Å²) < 4.78 is 2.71. The van der Waals surface area contributed by atoms with Gasteiger partial charge in [0.05, 0.1) is 6.54 Å². The highest BCUT2D eigenvalue weighted by atomic mass is 79.9. The van der Waals surface area contributed by atoms with Crippen molar-refractivity contribution < 1.29 is 0 Å². The van der Waals surface area contributed by atoms with E-state index in [0.29, 0.717) is 11.7 Å². The van der Waals surface area contributed by atoms with Gasteiger partial charge in [-0.2, -0.15) is 0 Å². The standard InChI is InChI=1S/C16H14BrN3OS/c17-14-8-4-7-13(9-14)11-22-16-19-18-15(21)20(16)10-12-5-2-1-3-6-12/h1-9H,10-11H2,(H,18,21). The maximum absolute atomic E-state index is 11.9. The number of aromatic nitrogens is 3. The van der Waals surface area contributed by atoms with E-state index < -0.39 is 0 Å². The summed E-state index contributed by atoms with van der Waals surface area (Å²) in [7, 11) is 0. The Morgan fingerprint density at radius 1 is 1.09 bits per heavy atom. The minimum absolute atomic E-state index is 0.180. The van der Waals surface area contributed by atoms with Gasteiger partial charge in [0.1, 0.15) is 0 Å². The summed E-state index contributed by atoms with van der Waals surface area (Å²) in [4.78, 5) is 11.9. The lowest BCUT2D eigenvalue weighted by Crippen LogP contribution is -2.18. The van der Waals surface area contributed by atoms with Crippen molar-refractivity contribution >= 4 is 27.7 Å². The van der Waals surface area contributed by atoms with Crippen LogP contribution in [-0.4, -0.2) is 14.8 Å². The molecule has 0 saturated heterocycles. The maximum Gasteiger partial charge on any atom is 0.344 e. The molecule has 22 heavy (non-hydrogen) atoms. The number of rotatable bonds is 5. The van der Waals surface area contributed by atoms with E-state index in [1.165, 1.54) is 5.56 Å². The van der Waals surface area contributed by atoms with Crippen LogP contribution in [0.1, 0.15) is 11.1 Å². The zero-order valence-corrected chi connectivity index (χ0v) is 14.1. The molecule has 0 aliphatic heterocycles. The van der Waals surface area contributed by atoms with Crippen LogP contribution in [0.5, 0.6) is 0 Å². The van der Waals surface area contributed by atoms with Crippen LogP contribution in [0.2, 0.25) is 0 Å². The third-order valence-corrected chi connectivity index (χ3v) is 4.70. The molecule has 1 aromatic heterocycles. The molecule has 0 fully saturated rings. The van der Waals surface area contributed by atoms with Gasteiger partial charge in [-0.05, 0) is 23.3 Å². The molecule has 0 spiro atoms. The van der Waals surface area contributed by atoms with E-state index in [4.69, 9.17) is 0 Å². The van der Waals surface area contributed by atoms with Gasteiger partial charge < -0.3 is 0 Å². The van der Waals surface area contributed by atoms with Crippen molar-refractivity contribution in [2.24, 2.45) is 0 Å². The predicted molar refractivity (Wildman–Crippen MR) is 92.1 cm³/mol. The van der Waals surface area contributed by atoms with E-state index in [1.807, 2.05) is 42.5 Å². The Hall–Kier alpha value is -1.79. The van der Waals surface area contributed by atoms with E-state index in [0.717, 1.165) is 15.8 Å². The van der Waals surface area contributed by atoms with Gasteiger partial charge in [-0.3, -0.25) is 4.57 Å². The minimum atomic E-state index is -0.180. The average Bonchev–Trinajstić information content (AvgIpc) is 2.87. The largest absolute Gasteiger partial charge is 0.344 e. The molecule has 0 bridgehead atoms. The van der Waals surface area contributed by atoms with E-state index in [-0.39, 0.29) is 5.69 Å². The Morgan fingerprint density at radius 3 is 2.64 bits per heavy atom. The second-order valence-corrected chi connectivity index (χ2v) is 6.66. The van der Waals surface area contributed by atoms with E-state index in [9.17, 15) is 4.79 Å². The fraction of sp³-hybridized carbons (Fsp3) is 0.125. The van der Waals surface area contributed by atoms with E-state index in [1.54, 1.807) is 16.3 Å². The molecule has 0 aliphatic carbocycles. The molecule has 0 radical (unpaired) electrons. The van der Waals surface area contributed by atoms with Gasteiger partial charge in [-0.25, -0.2) is 9.89 Å². The molecular weight excluding hydrogens is 362 g/mol. The van der Waals surface area contributed by atoms with Crippen LogP contribution in [0.4, 0.5) is 0 Å². The van der Waals surface area contributed by atoms with Crippen molar-refractivity contribution in [2.75, 3.05) is 0 Å². The third kappa shape index (κ3) is 3.69. The van der Waals surface area contributed by atoms with Crippen LogP contribution in [-0.2, 0) is 12.3 Å². The first-order valence-corrected chi connectivity index (χ1v) is 8.56. The van der Waals surface area contributed by atoms with Crippen LogP contribution < -0.4 is 5.69 Å². The van der Waals surface area contributed by atoms with Crippen LogP contribution in [0.15, 0.2) is 69.0 Å². The number of H-pyrrole nitrogens is 1. The first-order valence-electron chi connectivity index (χ1n) is 6.79. The Kier molecular flexibility index (Phi) is 4.80. The molecule has 1 heterocycles. The van der Waals surface area contributed by atoms with Crippen molar-refractivity contribution in [1.29, 1.82) is 0 Å². The zero-order chi connectivity index (χ0) is 15.4. The molecular formula is C16H14BrN3OS. The molecule has 0 aliphatic rings. The van der Waals surface area contributed by atoms with Gasteiger partial charge in [0, 0.05) is 10.2 Å². The predicted octanol–water partition coefficient (Wildman–Crippen LogP) is 3.67. The normalized spacial score (nSPS) is 10.8. The SMILES string of the molecule is O=c1[nH]nc(SCc2cccc(Br)c2)n1Cc1ccccc1. The topological polar surface area (TPSA) is 50.7 Å². The van der Waals surface area contributed by atoms with Crippen molar-refractivity contribution in [1.82, 2.24) is 14.8 Å². The second-order valence-electron chi connectivity index (χ2n) is 4.80. The Balaban J connectivity index is 1.76. The van der Waals surface area contributed by atoms with Crippen molar-refractivity contribution in [2.45, 2.75) is 17.5 Å². The van der Waals surface area contributed by atoms with Crippen LogP contribution in [0, 0.1) is 0 Å². The first kappa shape index (κ1) is 15.1. The molecule has 3 aromatic rings. The van der Waals surface area contributed by atoms with Crippen molar-refractivity contribution in [3.8, 4) is 0 Å². The molecule has 6 heteroatoms. The molecule has 1 N–H and O–H groups in total. The summed E-state index contributed by atoms with van der Waals surface area (Å²) in [6.07, 6.45) is 0. The molecule has 0 atom stereocenters. The van der Waals surface area contributed by atoms with Gasteiger partial charge in [-0.15, -0.1) is 5.10 Å². The number of hydrogen-bond acceptors (Lipinski definition) is 3. The quantitative estimate of drug-likeness (QED) is 0.692. The summed E-state index contributed by atoms with van der Waals surface area (Å²) >= 11 is 5.01. The number of nitrogens with zero attached hydrogens (tertiary/aromatic N) is 2. The van der Waals surface area contributed by atoms with Gasteiger partial charge in [0.2, 0.25) is 0 Å². The zero-order valence-electron chi connectivity index (χ0n) is 11.7. The third-order valence-electron chi connectivity index (χ3n) is 3.16. The summed E-state index contributed by atoms with van der Waals surface area (Å²) in [6.45, 7) is 0.525. The van der Waals surface area contributed by atoms with Gasteiger partial charge in [-0.1, -0.05) is 70.2 Å². The molecule has 3 rings (SSSR count). The Labute approximate surface area is 140 Å². The van der Waals surface area contributed by atoms with Crippen LogP contribution in [0.3, 0.4) is 0 Å². The van der Waals surface area contributed by atoms with Crippen molar-refractivity contribution in [3.05, 3.63) is 80.7 Å². The lowest BCUT2D eigenvalue weighted by Gasteiger charge is -2.06. The molecule has 112 valence electrons. The monoisotopic (exact) mass is 375 g/mol. The molecule has 4 nitrogen and oxygen atoms in total. The molecule has 0 amide bonds. The number of aromatic amines is 1. The highest BCUT2D eigenvalue weighted by molar-refractivity contribution is 9.10. The number of hydrogen-bond donors (Lipinski definition) is 1. The first-order chi connectivity index (χ1) is 10.7. The molecule has 2 aromatic carbocycles. The lowest BCUT2D eigenvalue weighted by atomic mass is 10.2. The summed E-state index contributed by atoms with van der Waals surface area (Å²) in [5.41, 5.74) is 2.08. The minimum Gasteiger partial charge on any atom is -0.266 e. The number of benzene rings is 2. The van der Waals surface area contributed by atoms with Gasteiger partial charge >= 0.3 is 5.69 Å². The second kappa shape index (κ2) is 6.98. The number of thioether (sulfide) groups is 1. The fourth-order valence-corrected chi connectivity index (χ4v) is 3.43. The van der Waals surface area contributed by atoms with E-state index >= 15 is 0 Å². The van der Waals surface area contributed by atoms with Crippen molar-refractivity contribution in [3.63, 3.8) is 0 Å². The van der Waals surface area contributed by atoms with E-state index in [2.05, 4.69) is 38.3 Å². The maximum atomic E-state index is 11.9. The highest BCUT2D eigenvalue weighted by Crippen LogP contribution is 2.22. The van der Waals surface area contributed by atoms with Crippen LogP contribution >= 0.6 is 27.7 Å². The van der Waals surface area contributed by atoms with Gasteiger partial charge in [0.25, 0.3) is 0 Å². The fourth-order valence-electron chi connectivity index (χ4n) is 2.09. The summed E-state index contributed by atoms with van der Waals surface area (Å²) in [5, 5.41) is 7.36. The smallest absolute Gasteiger partial charge is 0.266 e. The summed E-state index contributed by atoms with van der Waals surface area (Å²) in [5.74, 6) is 0.762. The Morgan fingerprint density at radius 2 is 1.86 bits per heavy atom. The average molecular weight is 376 g/mol. The molecule has 0 unspecified atom stereocenters. The van der Waals surface area contributed by atoms with Crippen LogP contribution in [0.25, 0.3) is 0 Å².